The quantitative estimate of drug-likeness (QED) is 0.689. The van der Waals surface area contributed by atoms with Crippen molar-refractivity contribution >= 4 is 17.9 Å². The third-order valence-electron chi connectivity index (χ3n) is 2.28. The molecule has 0 saturated carbocycles. The highest BCUT2D eigenvalue weighted by atomic mass is 19.4. The molecule has 0 bridgehead atoms. The minimum Gasteiger partial charge on any atom is -0.427 e. The van der Waals surface area contributed by atoms with Gasteiger partial charge in [-0.3, -0.25) is 14.9 Å². The average Bonchev–Trinajstić information content (AvgIpc) is 2.87. The van der Waals surface area contributed by atoms with Gasteiger partial charge in [0.1, 0.15) is 5.75 Å². The first-order valence-corrected chi connectivity index (χ1v) is 5.76. The summed E-state index contributed by atoms with van der Waals surface area (Å²) in [5.74, 6) is -2.55. The molecule has 0 aliphatic heterocycles. The van der Waals surface area contributed by atoms with E-state index in [-0.39, 0.29) is 11.3 Å². The van der Waals surface area contributed by atoms with Crippen LogP contribution in [-0.4, -0.2) is 22.0 Å². The molecule has 2 rings (SSSR count). The van der Waals surface area contributed by atoms with Crippen molar-refractivity contribution in [3.05, 3.63) is 35.7 Å². The highest BCUT2D eigenvalue weighted by molar-refractivity contribution is 6.03. The van der Waals surface area contributed by atoms with Crippen LogP contribution >= 0.6 is 0 Å². The number of hydrogen-bond acceptors (Lipinski definition) is 6. The molecule has 0 atom stereocenters. The third-order valence-corrected chi connectivity index (χ3v) is 2.28. The fourth-order valence-corrected chi connectivity index (χ4v) is 1.40. The predicted molar refractivity (Wildman–Crippen MR) is 65.0 cm³/mol. The number of esters is 1. The lowest BCUT2D eigenvalue weighted by Crippen LogP contribution is -2.13. The van der Waals surface area contributed by atoms with Crippen molar-refractivity contribution in [2.45, 2.75) is 13.1 Å². The molecular weight excluding hydrogens is 307 g/mol. The number of aromatic nitrogens is 2. The molecule has 0 aliphatic rings. The van der Waals surface area contributed by atoms with Gasteiger partial charge in [-0.1, -0.05) is 0 Å². The molecule has 0 saturated heterocycles. The molecule has 0 spiro atoms. The Morgan fingerprint density at radius 3 is 2.36 bits per heavy atom. The summed E-state index contributed by atoms with van der Waals surface area (Å²) in [7, 11) is 0. The van der Waals surface area contributed by atoms with E-state index < -0.39 is 29.9 Å². The van der Waals surface area contributed by atoms with Crippen LogP contribution in [0.25, 0.3) is 0 Å². The lowest BCUT2D eigenvalue weighted by Gasteiger charge is -2.03. The van der Waals surface area contributed by atoms with Gasteiger partial charge in [-0.15, -0.1) is 0 Å². The normalized spacial score (nSPS) is 11.1. The van der Waals surface area contributed by atoms with Crippen LogP contribution in [0.15, 0.2) is 28.8 Å². The molecular formula is C12H8F3N3O4. The average molecular weight is 315 g/mol. The Bertz CT molecular complexity index is 694. The molecule has 1 heterocycles. The Kier molecular flexibility index (Phi) is 4.11. The van der Waals surface area contributed by atoms with Gasteiger partial charge >= 0.3 is 18.2 Å². The molecule has 7 nitrogen and oxygen atoms in total. The molecule has 0 radical (unpaired) electrons. The molecule has 2 aromatic rings. The van der Waals surface area contributed by atoms with Gasteiger partial charge in [-0.2, -0.15) is 18.2 Å². The Balaban J connectivity index is 2.06. The van der Waals surface area contributed by atoms with E-state index in [9.17, 15) is 22.8 Å². The molecule has 0 fully saturated rings. The maximum absolute atomic E-state index is 12.3. The highest BCUT2D eigenvalue weighted by Gasteiger charge is 2.37. The lowest BCUT2D eigenvalue weighted by molar-refractivity contribution is -0.146. The van der Waals surface area contributed by atoms with Crippen LogP contribution in [-0.2, 0) is 11.0 Å². The van der Waals surface area contributed by atoms with Crippen molar-refractivity contribution in [2.24, 2.45) is 0 Å². The summed E-state index contributed by atoms with van der Waals surface area (Å²) in [5, 5.41) is 4.72. The van der Waals surface area contributed by atoms with Crippen molar-refractivity contribution in [1.82, 2.24) is 10.1 Å². The number of nitrogens with zero attached hydrogens (tertiary/aromatic N) is 2. The van der Waals surface area contributed by atoms with Gasteiger partial charge in [0.15, 0.2) is 0 Å². The lowest BCUT2D eigenvalue weighted by atomic mass is 10.2. The van der Waals surface area contributed by atoms with E-state index in [1.54, 1.807) is 0 Å². The number of benzene rings is 1. The molecule has 0 aliphatic carbocycles. The number of hydrogen-bond donors (Lipinski definition) is 1. The molecule has 22 heavy (non-hydrogen) atoms. The second kappa shape index (κ2) is 5.84. The molecule has 10 heteroatoms. The number of nitrogens with one attached hydrogen (secondary N) is 1. The van der Waals surface area contributed by atoms with E-state index in [0.717, 1.165) is 0 Å². The third kappa shape index (κ3) is 3.81. The molecule has 1 aromatic heterocycles. The monoisotopic (exact) mass is 315 g/mol. The second-order valence-electron chi connectivity index (χ2n) is 3.99. The largest absolute Gasteiger partial charge is 0.455 e. The SMILES string of the molecule is CC(=O)Oc1ccc(C(=O)Nc2nc(C(F)(F)F)no2)cc1. The van der Waals surface area contributed by atoms with Crippen molar-refractivity contribution in [3.8, 4) is 5.75 Å². The Morgan fingerprint density at radius 1 is 1.23 bits per heavy atom. The number of rotatable bonds is 3. The Hall–Kier alpha value is -2.91. The minimum atomic E-state index is -4.77. The van der Waals surface area contributed by atoms with Crippen molar-refractivity contribution < 1.29 is 32.0 Å². The van der Waals surface area contributed by atoms with Gasteiger partial charge in [-0.25, -0.2) is 0 Å². The van der Waals surface area contributed by atoms with E-state index in [4.69, 9.17) is 4.74 Å². The van der Waals surface area contributed by atoms with Crippen molar-refractivity contribution in [3.63, 3.8) is 0 Å². The zero-order valence-corrected chi connectivity index (χ0v) is 11.0. The predicted octanol–water partition coefficient (Wildman–Crippen LogP) is 2.27. The van der Waals surface area contributed by atoms with Gasteiger partial charge in [0.05, 0.1) is 0 Å². The van der Waals surface area contributed by atoms with Crippen molar-refractivity contribution in [2.75, 3.05) is 5.32 Å². The van der Waals surface area contributed by atoms with Gasteiger partial charge < -0.3 is 9.26 Å². The van der Waals surface area contributed by atoms with E-state index >= 15 is 0 Å². The second-order valence-corrected chi connectivity index (χ2v) is 3.99. The van der Waals surface area contributed by atoms with E-state index in [1.807, 2.05) is 5.32 Å². The first-order chi connectivity index (χ1) is 10.3. The number of halogens is 3. The summed E-state index contributed by atoms with van der Waals surface area (Å²) in [4.78, 5) is 25.5. The maximum atomic E-state index is 12.3. The Labute approximate surface area is 121 Å². The molecule has 116 valence electrons. The molecule has 1 amide bonds. The smallest absolute Gasteiger partial charge is 0.427 e. The summed E-state index contributed by atoms with van der Waals surface area (Å²) < 4.78 is 45.9. The number of alkyl halides is 3. The van der Waals surface area contributed by atoms with Gasteiger partial charge in [0.25, 0.3) is 11.7 Å². The zero-order chi connectivity index (χ0) is 16.3. The van der Waals surface area contributed by atoms with E-state index in [0.29, 0.717) is 0 Å². The van der Waals surface area contributed by atoms with Crippen LogP contribution in [0.2, 0.25) is 0 Å². The van der Waals surface area contributed by atoms with Crippen LogP contribution in [0, 0.1) is 0 Å². The number of carbonyl (C=O) groups is 2. The van der Waals surface area contributed by atoms with Crippen molar-refractivity contribution in [1.29, 1.82) is 0 Å². The number of carbonyl (C=O) groups excluding carboxylic acids is 2. The zero-order valence-electron chi connectivity index (χ0n) is 11.0. The number of ether oxygens (including phenoxy) is 1. The van der Waals surface area contributed by atoms with E-state index in [2.05, 4.69) is 14.7 Å². The fourth-order valence-electron chi connectivity index (χ4n) is 1.40. The number of anilines is 1. The minimum absolute atomic E-state index is 0.0997. The fraction of sp³-hybridized carbons (Fsp3) is 0.167. The van der Waals surface area contributed by atoms with Crippen LogP contribution in [0.5, 0.6) is 5.75 Å². The summed E-state index contributed by atoms with van der Waals surface area (Å²) >= 11 is 0. The van der Waals surface area contributed by atoms with Crippen LogP contribution < -0.4 is 10.1 Å². The summed E-state index contributed by atoms with van der Waals surface area (Å²) in [6.45, 7) is 1.22. The molecule has 1 N–H and O–H groups in total. The first-order valence-electron chi connectivity index (χ1n) is 5.76. The topological polar surface area (TPSA) is 94.3 Å². The van der Waals surface area contributed by atoms with Crippen LogP contribution in [0.3, 0.4) is 0 Å². The standard InChI is InChI=1S/C12H8F3N3O4/c1-6(19)21-8-4-2-7(3-5-8)9(20)16-11-17-10(18-22-11)12(13,14)15/h2-5H,1H3,(H,16,17,18,20). The summed E-state index contributed by atoms with van der Waals surface area (Å²) in [6.07, 6.45) is -4.77. The molecule has 1 aromatic carbocycles. The van der Waals surface area contributed by atoms with Gasteiger partial charge in [0.2, 0.25) is 0 Å². The maximum Gasteiger partial charge on any atom is 0.455 e. The number of amides is 1. The first kappa shape index (κ1) is 15.5. The van der Waals surface area contributed by atoms with Gasteiger partial charge in [-0.05, 0) is 29.4 Å². The van der Waals surface area contributed by atoms with Crippen LogP contribution in [0.1, 0.15) is 23.1 Å². The summed E-state index contributed by atoms with van der Waals surface area (Å²) in [5.41, 5.74) is 0.0997. The van der Waals surface area contributed by atoms with Crippen LogP contribution in [0.4, 0.5) is 19.2 Å². The Morgan fingerprint density at radius 2 is 1.86 bits per heavy atom. The van der Waals surface area contributed by atoms with E-state index in [1.165, 1.54) is 31.2 Å². The summed E-state index contributed by atoms with van der Waals surface area (Å²) in [6, 6.07) is 4.65. The van der Waals surface area contributed by atoms with Gasteiger partial charge in [0, 0.05) is 12.5 Å². The highest BCUT2D eigenvalue weighted by Crippen LogP contribution is 2.27. The molecule has 0 unspecified atom stereocenters.